The molecule has 1 aromatic rings. The van der Waals surface area contributed by atoms with E-state index in [-0.39, 0.29) is 5.75 Å². The number of hydrogen-bond donors (Lipinski definition) is 0. The van der Waals surface area contributed by atoms with Crippen molar-refractivity contribution in [2.24, 2.45) is 0 Å². The first-order valence-corrected chi connectivity index (χ1v) is 6.13. The average Bonchev–Trinajstić information content (AvgIpc) is 2.02. The Kier molecular flexibility index (Phi) is 3.34. The monoisotopic (exact) mass is 238 g/mol. The van der Waals surface area contributed by atoms with Crippen LogP contribution < -0.4 is 4.74 Å². The molecule has 0 fully saturated rings. The second kappa shape index (κ2) is 4.14. The minimum absolute atomic E-state index is 0.272. The summed E-state index contributed by atoms with van der Waals surface area (Å²) in [6, 6.07) is 3.41. The van der Waals surface area contributed by atoms with Gasteiger partial charge in [-0.3, -0.25) is 0 Å². The van der Waals surface area contributed by atoms with Crippen LogP contribution in [0.3, 0.4) is 0 Å². The van der Waals surface area contributed by atoms with Crippen molar-refractivity contribution in [2.45, 2.75) is 11.8 Å². The van der Waals surface area contributed by atoms with Crippen LogP contribution in [0.4, 0.5) is 4.39 Å². The fourth-order valence-electron chi connectivity index (χ4n) is 0.936. The third-order valence-electron chi connectivity index (χ3n) is 1.48. The first-order valence-electron chi connectivity index (χ1n) is 3.82. The zero-order chi connectivity index (χ0) is 10.8. The Labute approximate surface area is 85.9 Å². The van der Waals surface area contributed by atoms with E-state index in [4.69, 9.17) is 15.4 Å². The van der Waals surface area contributed by atoms with Gasteiger partial charge < -0.3 is 4.74 Å². The van der Waals surface area contributed by atoms with Crippen LogP contribution in [0.5, 0.6) is 5.75 Å². The maximum Gasteiger partial charge on any atom is 0.264 e. The molecular formula is C8H8ClFO3S. The Morgan fingerprint density at radius 3 is 2.57 bits per heavy atom. The predicted octanol–water partition coefficient (Wildman–Crippen LogP) is 2.15. The number of halogens is 2. The summed E-state index contributed by atoms with van der Waals surface area (Å²) in [4.78, 5) is -0.539. The molecule has 0 N–H and O–H groups in total. The van der Waals surface area contributed by atoms with Crippen molar-refractivity contribution in [1.82, 2.24) is 0 Å². The molecule has 0 aromatic heterocycles. The van der Waals surface area contributed by atoms with Crippen molar-refractivity contribution >= 4 is 19.7 Å². The first-order chi connectivity index (χ1) is 6.45. The zero-order valence-corrected chi connectivity index (χ0v) is 8.90. The third-order valence-corrected chi connectivity index (χ3v) is 2.83. The van der Waals surface area contributed by atoms with Crippen LogP contribution in [0.15, 0.2) is 23.1 Å². The molecule has 78 valence electrons. The molecular weight excluding hydrogens is 231 g/mol. The van der Waals surface area contributed by atoms with E-state index < -0.39 is 19.8 Å². The van der Waals surface area contributed by atoms with Crippen molar-refractivity contribution in [3.63, 3.8) is 0 Å². The van der Waals surface area contributed by atoms with Crippen LogP contribution in [0.1, 0.15) is 6.92 Å². The van der Waals surface area contributed by atoms with E-state index in [1.165, 1.54) is 6.07 Å². The lowest BCUT2D eigenvalue weighted by atomic mass is 10.3. The normalized spacial score (nSPS) is 11.4. The van der Waals surface area contributed by atoms with Gasteiger partial charge in [0.15, 0.2) is 0 Å². The lowest BCUT2D eigenvalue weighted by Gasteiger charge is -2.04. The van der Waals surface area contributed by atoms with Gasteiger partial charge in [-0.25, -0.2) is 12.8 Å². The molecule has 0 spiro atoms. The van der Waals surface area contributed by atoms with Gasteiger partial charge in [-0.15, -0.1) is 0 Å². The van der Waals surface area contributed by atoms with Gasteiger partial charge in [0.1, 0.15) is 16.5 Å². The summed E-state index contributed by atoms with van der Waals surface area (Å²) >= 11 is 0. The molecule has 14 heavy (non-hydrogen) atoms. The van der Waals surface area contributed by atoms with Gasteiger partial charge in [0.05, 0.1) is 6.61 Å². The molecule has 1 rings (SSSR count). The topological polar surface area (TPSA) is 43.4 Å². The molecule has 0 unspecified atom stereocenters. The van der Waals surface area contributed by atoms with Gasteiger partial charge in [-0.2, -0.15) is 0 Å². The number of ether oxygens (including phenoxy) is 1. The van der Waals surface area contributed by atoms with E-state index in [2.05, 4.69) is 0 Å². The molecule has 0 aliphatic carbocycles. The summed E-state index contributed by atoms with van der Waals surface area (Å²) in [7, 11) is 0.961. The molecule has 1 aromatic carbocycles. The summed E-state index contributed by atoms with van der Waals surface area (Å²) in [5, 5.41) is 0. The van der Waals surface area contributed by atoms with Gasteiger partial charge in [0, 0.05) is 16.7 Å². The highest BCUT2D eigenvalue weighted by Gasteiger charge is 2.16. The molecule has 0 atom stereocenters. The van der Waals surface area contributed by atoms with E-state index in [0.717, 1.165) is 12.1 Å². The van der Waals surface area contributed by atoms with Crippen molar-refractivity contribution < 1.29 is 17.5 Å². The maximum atomic E-state index is 13.1. The lowest BCUT2D eigenvalue weighted by Crippen LogP contribution is -1.97. The summed E-state index contributed by atoms with van der Waals surface area (Å²) < 4.78 is 39.7. The Morgan fingerprint density at radius 2 is 2.14 bits per heavy atom. The summed E-state index contributed by atoms with van der Waals surface area (Å²) in [5.74, 6) is -0.639. The molecule has 0 bridgehead atoms. The molecule has 0 aliphatic rings. The van der Waals surface area contributed by atoms with Crippen molar-refractivity contribution in [3.8, 4) is 5.75 Å². The van der Waals surface area contributed by atoms with Crippen molar-refractivity contribution in [3.05, 3.63) is 24.0 Å². The number of rotatable bonds is 3. The molecule has 0 saturated carbocycles. The molecule has 6 heteroatoms. The van der Waals surface area contributed by atoms with Gasteiger partial charge in [-0.05, 0) is 19.1 Å². The molecule has 0 radical (unpaired) electrons. The highest BCUT2D eigenvalue weighted by atomic mass is 35.7. The fraction of sp³-hybridized carbons (Fsp3) is 0.250. The maximum absolute atomic E-state index is 13.1. The molecule has 0 saturated heterocycles. The SMILES string of the molecule is CCOc1ccc(S(=O)(=O)Cl)c(F)c1. The van der Waals surface area contributed by atoms with Crippen LogP contribution in [-0.4, -0.2) is 15.0 Å². The second-order valence-electron chi connectivity index (χ2n) is 2.46. The van der Waals surface area contributed by atoms with E-state index in [1.54, 1.807) is 6.92 Å². The lowest BCUT2D eigenvalue weighted by molar-refractivity contribution is 0.337. The predicted molar refractivity (Wildman–Crippen MR) is 50.6 cm³/mol. The van der Waals surface area contributed by atoms with Crippen LogP contribution in [-0.2, 0) is 9.05 Å². The highest BCUT2D eigenvalue weighted by Crippen LogP contribution is 2.23. The van der Waals surface area contributed by atoms with Crippen LogP contribution in [0.25, 0.3) is 0 Å². The average molecular weight is 239 g/mol. The summed E-state index contributed by atoms with van der Waals surface area (Å²) in [5.41, 5.74) is 0. The Morgan fingerprint density at radius 1 is 1.50 bits per heavy atom. The highest BCUT2D eigenvalue weighted by molar-refractivity contribution is 8.13. The fourth-order valence-corrected chi connectivity index (χ4v) is 1.83. The first kappa shape index (κ1) is 11.3. The molecule has 0 heterocycles. The minimum atomic E-state index is -4.02. The standard InChI is InChI=1S/C8H8ClFO3S/c1-2-13-6-3-4-8(7(10)5-6)14(9,11)12/h3-5H,2H2,1H3. The summed E-state index contributed by atoms with van der Waals surface area (Å²) in [6.45, 7) is 2.12. The molecule has 0 amide bonds. The summed E-state index contributed by atoms with van der Waals surface area (Å²) in [6.07, 6.45) is 0. The van der Waals surface area contributed by atoms with E-state index in [0.29, 0.717) is 6.61 Å². The van der Waals surface area contributed by atoms with E-state index in [9.17, 15) is 12.8 Å². The van der Waals surface area contributed by atoms with Crippen LogP contribution >= 0.6 is 10.7 Å². The van der Waals surface area contributed by atoms with Gasteiger partial charge in [-0.1, -0.05) is 0 Å². The Bertz CT molecular complexity index is 430. The smallest absolute Gasteiger partial charge is 0.264 e. The number of hydrogen-bond acceptors (Lipinski definition) is 3. The van der Waals surface area contributed by atoms with Gasteiger partial charge in [0.25, 0.3) is 9.05 Å². The van der Waals surface area contributed by atoms with Gasteiger partial charge in [0.2, 0.25) is 0 Å². The Balaban J connectivity index is 3.15. The van der Waals surface area contributed by atoms with Crippen molar-refractivity contribution in [1.29, 1.82) is 0 Å². The Hall–Kier alpha value is -0.810. The van der Waals surface area contributed by atoms with Gasteiger partial charge >= 0.3 is 0 Å². The molecule has 3 nitrogen and oxygen atoms in total. The van der Waals surface area contributed by atoms with Crippen molar-refractivity contribution in [2.75, 3.05) is 6.61 Å². The number of benzene rings is 1. The largest absolute Gasteiger partial charge is 0.494 e. The minimum Gasteiger partial charge on any atom is -0.494 e. The van der Waals surface area contributed by atoms with E-state index in [1.807, 2.05) is 0 Å². The van der Waals surface area contributed by atoms with Crippen LogP contribution in [0, 0.1) is 5.82 Å². The van der Waals surface area contributed by atoms with E-state index >= 15 is 0 Å². The molecule has 0 aliphatic heterocycles. The quantitative estimate of drug-likeness (QED) is 0.758. The van der Waals surface area contributed by atoms with Crippen LogP contribution in [0.2, 0.25) is 0 Å². The third kappa shape index (κ3) is 2.59. The second-order valence-corrected chi connectivity index (χ2v) is 5.00. The zero-order valence-electron chi connectivity index (χ0n) is 7.33.